The Balaban J connectivity index is 2.00. The summed E-state index contributed by atoms with van der Waals surface area (Å²) in [7, 11) is 4.06. The van der Waals surface area contributed by atoms with Gasteiger partial charge in [0.15, 0.2) is 0 Å². The number of carbonyl (C=O) groups is 2. The summed E-state index contributed by atoms with van der Waals surface area (Å²) in [6.07, 6.45) is -0.509. The van der Waals surface area contributed by atoms with Crippen molar-refractivity contribution in [3.63, 3.8) is 0 Å². The largest absolute Gasteiger partial charge is 0.588 e. The molecule has 2 unspecified atom stereocenters. The van der Waals surface area contributed by atoms with Crippen LogP contribution >= 0.6 is 0 Å². The van der Waals surface area contributed by atoms with E-state index >= 15 is 0 Å². The van der Waals surface area contributed by atoms with Crippen LogP contribution in [0.25, 0.3) is 0 Å². The summed E-state index contributed by atoms with van der Waals surface area (Å²) >= 11 is -2.08. The first-order chi connectivity index (χ1) is 15.4. The Morgan fingerprint density at radius 3 is 2.53 bits per heavy atom. The van der Waals surface area contributed by atoms with E-state index in [0.717, 1.165) is 0 Å². The summed E-state index contributed by atoms with van der Waals surface area (Å²) in [5.74, 6) is -0.579. The molecule has 2 aromatic heterocycles. The summed E-state index contributed by atoms with van der Waals surface area (Å²) in [6.45, 7) is -0.818. The maximum atomic E-state index is 14.2. The number of nitrogens with zero attached hydrogens (tertiary/aromatic N) is 3. The van der Waals surface area contributed by atoms with Gasteiger partial charge in [-0.25, -0.2) is 14.0 Å². The summed E-state index contributed by atoms with van der Waals surface area (Å²) < 4.78 is 48.3. The van der Waals surface area contributed by atoms with Gasteiger partial charge in [0.25, 0.3) is 0 Å². The standard InChI is InChI=1S/C18H22FN5O7S/c1-28-10-16(25)31-9-11(19)7-12-13(5-4-6-20-12)32(27)24-18(26)23-17-21-14(29-2)8-15(22-17)30-3/h4-6,8,11H,7,9-10H2,1-3H3,(H2,21,22,23,24,26). The van der Waals surface area contributed by atoms with Crippen LogP contribution in [0.5, 0.6) is 11.8 Å². The van der Waals surface area contributed by atoms with Crippen molar-refractivity contribution in [2.24, 2.45) is 0 Å². The van der Waals surface area contributed by atoms with Crippen LogP contribution in [0.15, 0.2) is 29.3 Å². The van der Waals surface area contributed by atoms with Gasteiger partial charge in [-0.15, -0.1) is 4.72 Å². The van der Waals surface area contributed by atoms with Crippen LogP contribution in [0.3, 0.4) is 0 Å². The Kier molecular flexibility index (Phi) is 9.84. The zero-order valence-electron chi connectivity index (χ0n) is 17.5. The van der Waals surface area contributed by atoms with Crippen LogP contribution in [0.4, 0.5) is 15.1 Å². The molecule has 2 rings (SSSR count). The number of nitrogens with one attached hydrogen (secondary N) is 2. The number of pyridine rings is 1. The Hall–Kier alpha value is -3.23. The minimum atomic E-state index is -2.08. The molecule has 0 aliphatic heterocycles. The molecule has 2 heterocycles. The van der Waals surface area contributed by atoms with Gasteiger partial charge in [0.2, 0.25) is 22.6 Å². The third kappa shape index (κ3) is 7.79. The molecule has 2 N–H and O–H groups in total. The van der Waals surface area contributed by atoms with Crippen molar-refractivity contribution in [2.75, 3.05) is 39.9 Å². The minimum absolute atomic E-state index is 0.0812. The molecule has 0 fully saturated rings. The minimum Gasteiger partial charge on any atom is -0.588 e. The molecule has 2 amide bonds. The lowest BCUT2D eigenvalue weighted by atomic mass is 10.2. The maximum absolute atomic E-state index is 14.2. The Labute approximate surface area is 186 Å². The van der Waals surface area contributed by atoms with E-state index in [1.165, 1.54) is 45.7 Å². The highest BCUT2D eigenvalue weighted by Gasteiger charge is 2.24. The number of esters is 1. The first-order valence-corrected chi connectivity index (χ1v) is 10.2. The monoisotopic (exact) mass is 471 g/mol. The average molecular weight is 471 g/mol. The van der Waals surface area contributed by atoms with E-state index in [-0.39, 0.29) is 41.3 Å². The molecule has 0 aliphatic carbocycles. The van der Waals surface area contributed by atoms with Crippen LogP contribution < -0.4 is 19.5 Å². The van der Waals surface area contributed by atoms with Gasteiger partial charge in [-0.05, 0) is 12.1 Å². The highest BCUT2D eigenvalue weighted by molar-refractivity contribution is 7.90. The number of alkyl halides is 1. The second-order valence-corrected chi connectivity index (χ2v) is 7.15. The molecule has 14 heteroatoms. The fraction of sp³-hybridized carbons (Fsp3) is 0.389. The number of amides is 2. The SMILES string of the molecule is COCC(=O)OCC(F)Cc1ncccc1[S+]([O-])NC(=O)Nc1nc(OC)cc(OC)n1. The van der Waals surface area contributed by atoms with Gasteiger partial charge in [0, 0.05) is 19.7 Å². The van der Waals surface area contributed by atoms with Crippen molar-refractivity contribution < 1.29 is 37.5 Å². The number of methoxy groups -OCH3 is 3. The Morgan fingerprint density at radius 2 is 1.91 bits per heavy atom. The van der Waals surface area contributed by atoms with Crippen LogP contribution in [-0.2, 0) is 32.1 Å². The van der Waals surface area contributed by atoms with Crippen molar-refractivity contribution in [1.29, 1.82) is 0 Å². The van der Waals surface area contributed by atoms with Crippen molar-refractivity contribution in [3.8, 4) is 11.8 Å². The smallest absolute Gasteiger partial charge is 0.363 e. The lowest BCUT2D eigenvalue weighted by Crippen LogP contribution is -2.35. The van der Waals surface area contributed by atoms with Gasteiger partial charge in [-0.1, -0.05) is 0 Å². The Bertz CT molecular complexity index is 901. The quantitative estimate of drug-likeness (QED) is 0.355. The number of hydrogen-bond donors (Lipinski definition) is 2. The first-order valence-electron chi connectivity index (χ1n) is 9.05. The summed E-state index contributed by atoms with van der Waals surface area (Å²) in [4.78, 5) is 35.4. The molecule has 0 bridgehead atoms. The predicted molar refractivity (Wildman–Crippen MR) is 109 cm³/mol. The van der Waals surface area contributed by atoms with Crippen LogP contribution in [0.2, 0.25) is 0 Å². The summed E-state index contributed by atoms with van der Waals surface area (Å²) in [5, 5.41) is 2.31. The molecule has 2 atom stereocenters. The van der Waals surface area contributed by atoms with Crippen LogP contribution in [0, 0.1) is 0 Å². The topological polar surface area (TPSA) is 157 Å². The maximum Gasteiger partial charge on any atom is 0.363 e. The van der Waals surface area contributed by atoms with E-state index < -0.39 is 36.1 Å². The van der Waals surface area contributed by atoms with Crippen molar-refractivity contribution in [3.05, 3.63) is 30.1 Å². The molecule has 0 aliphatic rings. The zero-order chi connectivity index (χ0) is 23.5. The van der Waals surface area contributed by atoms with Crippen molar-refractivity contribution in [2.45, 2.75) is 17.5 Å². The number of aromatic nitrogens is 3. The van der Waals surface area contributed by atoms with Gasteiger partial charge < -0.3 is 23.5 Å². The van der Waals surface area contributed by atoms with Crippen molar-refractivity contribution >= 4 is 29.3 Å². The molecule has 2 aromatic rings. The lowest BCUT2D eigenvalue weighted by molar-refractivity contribution is -0.149. The molecule has 0 saturated heterocycles. The third-order valence-corrected chi connectivity index (χ3v) is 4.80. The highest BCUT2D eigenvalue weighted by atomic mass is 32.2. The number of hydrogen-bond acceptors (Lipinski definition) is 10. The second kappa shape index (κ2) is 12.6. The normalized spacial score (nSPS) is 12.4. The van der Waals surface area contributed by atoms with E-state index in [9.17, 15) is 18.5 Å². The highest BCUT2D eigenvalue weighted by Crippen LogP contribution is 2.18. The van der Waals surface area contributed by atoms with E-state index in [4.69, 9.17) is 14.2 Å². The molecule has 174 valence electrons. The van der Waals surface area contributed by atoms with Gasteiger partial charge >= 0.3 is 12.0 Å². The number of rotatable bonds is 11. The van der Waals surface area contributed by atoms with Gasteiger partial charge in [-0.3, -0.25) is 10.3 Å². The molecule has 0 spiro atoms. The molecular formula is C18H22FN5O7S. The van der Waals surface area contributed by atoms with Crippen LogP contribution in [-0.4, -0.2) is 72.2 Å². The number of anilines is 1. The molecule has 0 radical (unpaired) electrons. The predicted octanol–water partition coefficient (Wildman–Crippen LogP) is 0.803. The lowest BCUT2D eigenvalue weighted by Gasteiger charge is -2.15. The fourth-order valence-electron chi connectivity index (χ4n) is 2.29. The van der Waals surface area contributed by atoms with E-state index in [1.54, 1.807) is 0 Å². The van der Waals surface area contributed by atoms with Crippen molar-refractivity contribution in [1.82, 2.24) is 19.7 Å². The van der Waals surface area contributed by atoms with Gasteiger partial charge in [0.05, 0.1) is 20.3 Å². The molecule has 0 aromatic carbocycles. The first kappa shape index (κ1) is 25.0. The molecule has 0 saturated carbocycles. The van der Waals surface area contributed by atoms with E-state index in [1.807, 2.05) is 0 Å². The zero-order valence-corrected chi connectivity index (χ0v) is 18.3. The van der Waals surface area contributed by atoms with Gasteiger partial charge in [0.1, 0.15) is 36.4 Å². The number of carbonyl (C=O) groups excluding carboxylic acids is 2. The number of ether oxygens (including phenoxy) is 4. The Morgan fingerprint density at radius 1 is 1.22 bits per heavy atom. The van der Waals surface area contributed by atoms with Gasteiger partial charge in [-0.2, -0.15) is 9.97 Å². The average Bonchev–Trinajstić information content (AvgIpc) is 2.77. The summed E-state index contributed by atoms with van der Waals surface area (Å²) in [5.41, 5.74) is 0.126. The summed E-state index contributed by atoms with van der Waals surface area (Å²) in [6, 6.07) is 3.42. The number of urea groups is 1. The second-order valence-electron chi connectivity index (χ2n) is 5.97. The van der Waals surface area contributed by atoms with Crippen LogP contribution in [0.1, 0.15) is 5.69 Å². The molecule has 12 nitrogen and oxygen atoms in total. The van der Waals surface area contributed by atoms with E-state index in [0.29, 0.717) is 0 Å². The molecular weight excluding hydrogens is 449 g/mol. The molecule has 32 heavy (non-hydrogen) atoms. The van der Waals surface area contributed by atoms with E-state index in [2.05, 4.69) is 29.7 Å². The number of halogens is 1. The third-order valence-electron chi connectivity index (χ3n) is 3.66. The fourth-order valence-corrected chi connectivity index (χ4v) is 3.17.